The molecule has 0 spiro atoms. The molecule has 0 bridgehead atoms. The maximum Gasteiger partial charge on any atom is 0.120 e. The summed E-state index contributed by atoms with van der Waals surface area (Å²) in [4.78, 5) is 0. The zero-order valence-electron chi connectivity index (χ0n) is 8.78. The summed E-state index contributed by atoms with van der Waals surface area (Å²) in [5, 5.41) is 3.39. The summed E-state index contributed by atoms with van der Waals surface area (Å²) >= 11 is 6.15. The molecule has 1 aliphatic heterocycles. The molecule has 1 fully saturated rings. The van der Waals surface area contributed by atoms with Gasteiger partial charge in [-0.1, -0.05) is 24.9 Å². The van der Waals surface area contributed by atoms with Crippen molar-refractivity contribution in [2.45, 2.75) is 50.9 Å². The second kappa shape index (κ2) is 4.39. The van der Waals surface area contributed by atoms with Gasteiger partial charge in [-0.2, -0.15) is 0 Å². The van der Waals surface area contributed by atoms with Crippen LogP contribution < -0.4 is 5.32 Å². The number of alkyl halides is 1. The largest absolute Gasteiger partial charge is 0.369 e. The van der Waals surface area contributed by atoms with Crippen molar-refractivity contribution in [1.82, 2.24) is 5.32 Å². The van der Waals surface area contributed by atoms with Gasteiger partial charge in [0.15, 0.2) is 0 Å². The van der Waals surface area contributed by atoms with Gasteiger partial charge in [0.1, 0.15) is 5.50 Å². The minimum Gasteiger partial charge on any atom is -0.369 e. The summed E-state index contributed by atoms with van der Waals surface area (Å²) in [5.41, 5.74) is 4.51. The minimum absolute atomic E-state index is 0.0217. The molecule has 2 rings (SSSR count). The SMILES string of the molecule is CCCC1=C2CCCCC2=CC(Cl)N1. The van der Waals surface area contributed by atoms with E-state index in [4.69, 9.17) is 11.6 Å². The van der Waals surface area contributed by atoms with Crippen molar-refractivity contribution >= 4 is 11.6 Å². The number of dihydropyridines is 1. The number of fused-ring (bicyclic) bond motifs is 1. The number of allylic oxidation sites excluding steroid dienone is 3. The highest BCUT2D eigenvalue weighted by molar-refractivity contribution is 6.21. The van der Waals surface area contributed by atoms with Gasteiger partial charge in [0.2, 0.25) is 0 Å². The van der Waals surface area contributed by atoms with Crippen molar-refractivity contribution in [3.63, 3.8) is 0 Å². The maximum atomic E-state index is 6.15. The summed E-state index contributed by atoms with van der Waals surface area (Å²) in [6.07, 6.45) is 9.69. The molecule has 1 aliphatic carbocycles. The first-order valence-electron chi connectivity index (χ1n) is 5.65. The van der Waals surface area contributed by atoms with E-state index in [1.165, 1.54) is 43.4 Å². The molecule has 1 atom stereocenters. The number of hydrogen-bond acceptors (Lipinski definition) is 1. The summed E-state index contributed by atoms with van der Waals surface area (Å²) in [7, 11) is 0. The molecule has 2 heteroatoms. The molecule has 0 amide bonds. The molecule has 0 aromatic rings. The first kappa shape index (κ1) is 10.1. The summed E-state index contributed by atoms with van der Waals surface area (Å²) in [5.74, 6) is 0. The lowest BCUT2D eigenvalue weighted by Gasteiger charge is -2.29. The fourth-order valence-electron chi connectivity index (χ4n) is 2.40. The maximum absolute atomic E-state index is 6.15. The van der Waals surface area contributed by atoms with Crippen LogP contribution >= 0.6 is 11.6 Å². The van der Waals surface area contributed by atoms with Gasteiger partial charge in [-0.25, -0.2) is 0 Å². The molecular weight excluding hydrogens is 194 g/mol. The van der Waals surface area contributed by atoms with E-state index in [-0.39, 0.29) is 5.50 Å². The monoisotopic (exact) mass is 211 g/mol. The molecule has 0 saturated heterocycles. The Balaban J connectivity index is 2.24. The summed E-state index contributed by atoms with van der Waals surface area (Å²) in [6, 6.07) is 0. The summed E-state index contributed by atoms with van der Waals surface area (Å²) in [6.45, 7) is 2.22. The van der Waals surface area contributed by atoms with Gasteiger partial charge in [-0.3, -0.25) is 0 Å². The quantitative estimate of drug-likeness (QED) is 0.543. The lowest BCUT2D eigenvalue weighted by Crippen LogP contribution is -2.28. The molecule has 0 aromatic carbocycles. The minimum atomic E-state index is 0.0217. The first-order valence-corrected chi connectivity index (χ1v) is 6.08. The number of rotatable bonds is 2. The van der Waals surface area contributed by atoms with E-state index in [1.54, 1.807) is 5.57 Å². The molecule has 1 saturated carbocycles. The number of hydrogen-bond donors (Lipinski definition) is 1. The van der Waals surface area contributed by atoms with Crippen molar-refractivity contribution in [3.8, 4) is 0 Å². The van der Waals surface area contributed by atoms with Crippen molar-refractivity contribution in [3.05, 3.63) is 22.9 Å². The van der Waals surface area contributed by atoms with Gasteiger partial charge in [-0.05, 0) is 49.3 Å². The number of nitrogens with one attached hydrogen (secondary N) is 1. The van der Waals surface area contributed by atoms with E-state index in [0.29, 0.717) is 0 Å². The van der Waals surface area contributed by atoms with E-state index in [1.807, 2.05) is 0 Å². The molecule has 2 aliphatic rings. The highest BCUT2D eigenvalue weighted by Crippen LogP contribution is 2.34. The van der Waals surface area contributed by atoms with Crippen LogP contribution in [0.15, 0.2) is 22.9 Å². The molecular formula is C12H18ClN. The first-order chi connectivity index (χ1) is 6.81. The molecule has 1 nitrogen and oxygen atoms in total. The molecule has 0 radical (unpaired) electrons. The molecule has 1 unspecified atom stereocenters. The zero-order valence-corrected chi connectivity index (χ0v) is 9.53. The normalized spacial score (nSPS) is 26.7. The molecule has 14 heavy (non-hydrogen) atoms. The Morgan fingerprint density at radius 1 is 1.43 bits per heavy atom. The zero-order chi connectivity index (χ0) is 9.97. The highest BCUT2D eigenvalue weighted by atomic mass is 35.5. The average Bonchev–Trinajstić information content (AvgIpc) is 2.18. The highest BCUT2D eigenvalue weighted by Gasteiger charge is 2.21. The van der Waals surface area contributed by atoms with Crippen molar-refractivity contribution in [2.75, 3.05) is 0 Å². The van der Waals surface area contributed by atoms with Crippen LogP contribution in [0.4, 0.5) is 0 Å². The standard InChI is InChI=1S/C12H18ClN/c1-2-5-11-10-7-4-3-6-9(10)8-12(13)14-11/h8,12,14H,2-7H2,1H3. The van der Waals surface area contributed by atoms with E-state index in [0.717, 1.165) is 6.42 Å². The Kier molecular flexibility index (Phi) is 3.17. The Bertz CT molecular complexity index is 278. The van der Waals surface area contributed by atoms with E-state index < -0.39 is 0 Å². The second-order valence-corrected chi connectivity index (χ2v) is 4.62. The van der Waals surface area contributed by atoms with Crippen LogP contribution in [0.5, 0.6) is 0 Å². The Labute approximate surface area is 91.2 Å². The molecule has 1 heterocycles. The average molecular weight is 212 g/mol. The van der Waals surface area contributed by atoms with Crippen LogP contribution in [0.2, 0.25) is 0 Å². The summed E-state index contributed by atoms with van der Waals surface area (Å²) < 4.78 is 0. The van der Waals surface area contributed by atoms with Gasteiger partial charge in [0, 0.05) is 5.70 Å². The molecule has 0 aromatic heterocycles. The van der Waals surface area contributed by atoms with Crippen LogP contribution in [0, 0.1) is 0 Å². The van der Waals surface area contributed by atoms with Gasteiger partial charge >= 0.3 is 0 Å². The predicted octanol–water partition coefficient (Wildman–Crippen LogP) is 3.71. The third-order valence-corrected chi connectivity index (χ3v) is 3.27. The fourth-order valence-corrected chi connectivity index (χ4v) is 2.69. The smallest absolute Gasteiger partial charge is 0.120 e. The number of halogens is 1. The molecule has 1 N–H and O–H groups in total. The Morgan fingerprint density at radius 3 is 3.00 bits per heavy atom. The molecule has 78 valence electrons. The van der Waals surface area contributed by atoms with Crippen molar-refractivity contribution in [1.29, 1.82) is 0 Å². The third kappa shape index (κ3) is 1.98. The van der Waals surface area contributed by atoms with Crippen LogP contribution in [0.25, 0.3) is 0 Å². The third-order valence-electron chi connectivity index (χ3n) is 3.03. The second-order valence-electron chi connectivity index (χ2n) is 4.15. The van der Waals surface area contributed by atoms with Gasteiger partial charge in [0.25, 0.3) is 0 Å². The van der Waals surface area contributed by atoms with Crippen LogP contribution in [0.1, 0.15) is 45.4 Å². The van der Waals surface area contributed by atoms with E-state index in [2.05, 4.69) is 18.3 Å². The van der Waals surface area contributed by atoms with E-state index >= 15 is 0 Å². The lowest BCUT2D eigenvalue weighted by atomic mass is 9.85. The topological polar surface area (TPSA) is 12.0 Å². The van der Waals surface area contributed by atoms with Crippen molar-refractivity contribution in [2.24, 2.45) is 0 Å². The van der Waals surface area contributed by atoms with Crippen LogP contribution in [0.3, 0.4) is 0 Å². The Morgan fingerprint density at radius 2 is 2.21 bits per heavy atom. The van der Waals surface area contributed by atoms with Crippen molar-refractivity contribution < 1.29 is 0 Å². The lowest BCUT2D eigenvalue weighted by molar-refractivity contribution is 0.624. The Hall–Kier alpha value is -0.430. The van der Waals surface area contributed by atoms with Gasteiger partial charge in [-0.15, -0.1) is 0 Å². The van der Waals surface area contributed by atoms with Gasteiger partial charge < -0.3 is 5.32 Å². The van der Waals surface area contributed by atoms with Gasteiger partial charge in [0.05, 0.1) is 0 Å². The predicted molar refractivity (Wildman–Crippen MR) is 61.3 cm³/mol. The van der Waals surface area contributed by atoms with E-state index in [9.17, 15) is 0 Å². The fraction of sp³-hybridized carbons (Fsp3) is 0.667. The van der Waals surface area contributed by atoms with Crippen LogP contribution in [-0.4, -0.2) is 5.50 Å². The van der Waals surface area contributed by atoms with Crippen LogP contribution in [-0.2, 0) is 0 Å².